The molecule has 0 atom stereocenters. The fraction of sp³-hybridized carbons (Fsp3) is 0.304. The Bertz CT molecular complexity index is 1000. The molecular formula is C23H28N4O2. The lowest BCUT2D eigenvalue weighted by molar-refractivity contribution is 0.355. The molecule has 0 amide bonds. The van der Waals surface area contributed by atoms with Crippen LogP contribution >= 0.6 is 0 Å². The molecule has 0 saturated carbocycles. The first-order chi connectivity index (χ1) is 13.9. The minimum Gasteiger partial charge on any atom is -0.493 e. The van der Waals surface area contributed by atoms with Crippen molar-refractivity contribution < 1.29 is 9.47 Å². The van der Waals surface area contributed by atoms with E-state index in [2.05, 4.69) is 59.6 Å². The highest BCUT2D eigenvalue weighted by atomic mass is 16.5. The van der Waals surface area contributed by atoms with Gasteiger partial charge in [-0.25, -0.2) is 4.98 Å². The average molecular weight is 393 g/mol. The Balaban J connectivity index is 1.90. The van der Waals surface area contributed by atoms with E-state index in [1.165, 1.54) is 11.1 Å². The molecule has 152 valence electrons. The smallest absolute Gasteiger partial charge is 0.229 e. The third-order valence-electron chi connectivity index (χ3n) is 4.67. The number of hydrogen-bond donors (Lipinski definition) is 2. The summed E-state index contributed by atoms with van der Waals surface area (Å²) >= 11 is 0. The van der Waals surface area contributed by atoms with Gasteiger partial charge in [0.15, 0.2) is 11.5 Å². The molecule has 6 heteroatoms. The molecule has 2 N–H and O–H groups in total. The summed E-state index contributed by atoms with van der Waals surface area (Å²) in [6, 6.07) is 13.9. The maximum Gasteiger partial charge on any atom is 0.229 e. The van der Waals surface area contributed by atoms with Crippen molar-refractivity contribution in [3.8, 4) is 11.5 Å². The number of nitrogens with one attached hydrogen (secondary N) is 2. The zero-order valence-electron chi connectivity index (χ0n) is 17.8. The Kier molecular flexibility index (Phi) is 6.22. The van der Waals surface area contributed by atoms with E-state index in [-0.39, 0.29) is 0 Å². The minimum atomic E-state index is 0.407. The molecule has 0 saturated heterocycles. The lowest BCUT2D eigenvalue weighted by Crippen LogP contribution is -2.05. The van der Waals surface area contributed by atoms with Gasteiger partial charge in [0, 0.05) is 29.2 Å². The van der Waals surface area contributed by atoms with Crippen LogP contribution in [0, 0.1) is 13.8 Å². The van der Waals surface area contributed by atoms with Crippen LogP contribution in [0.2, 0.25) is 0 Å². The van der Waals surface area contributed by atoms with Gasteiger partial charge in [0.2, 0.25) is 5.95 Å². The fourth-order valence-electron chi connectivity index (χ4n) is 3.20. The summed E-state index contributed by atoms with van der Waals surface area (Å²) < 4.78 is 10.7. The SMILES string of the molecule is COc1ccc(Nc2nc(C)cc(Nc3c(C)cccc3C(C)C)n2)cc1OC. The first-order valence-corrected chi connectivity index (χ1v) is 9.62. The van der Waals surface area contributed by atoms with Crippen LogP contribution in [0.15, 0.2) is 42.5 Å². The van der Waals surface area contributed by atoms with E-state index in [1.807, 2.05) is 31.2 Å². The summed E-state index contributed by atoms with van der Waals surface area (Å²) in [5.41, 5.74) is 5.22. The Hall–Kier alpha value is -3.28. The van der Waals surface area contributed by atoms with Crippen LogP contribution in [0.25, 0.3) is 0 Å². The largest absolute Gasteiger partial charge is 0.493 e. The first kappa shape index (κ1) is 20.5. The predicted octanol–water partition coefficient (Wildman–Crippen LogP) is 5.72. The molecule has 1 aromatic heterocycles. The van der Waals surface area contributed by atoms with E-state index >= 15 is 0 Å². The number of benzene rings is 2. The topological polar surface area (TPSA) is 68.3 Å². The van der Waals surface area contributed by atoms with Crippen molar-refractivity contribution in [1.29, 1.82) is 0 Å². The molecule has 0 bridgehead atoms. The van der Waals surface area contributed by atoms with Crippen LogP contribution in [-0.2, 0) is 0 Å². The van der Waals surface area contributed by atoms with Gasteiger partial charge in [0.25, 0.3) is 0 Å². The van der Waals surface area contributed by atoms with Crippen LogP contribution in [0.1, 0.15) is 36.6 Å². The molecule has 2 aromatic carbocycles. The third kappa shape index (κ3) is 4.77. The van der Waals surface area contributed by atoms with Crippen molar-refractivity contribution in [3.63, 3.8) is 0 Å². The van der Waals surface area contributed by atoms with Gasteiger partial charge in [-0.05, 0) is 43.0 Å². The quantitative estimate of drug-likeness (QED) is 0.536. The van der Waals surface area contributed by atoms with E-state index < -0.39 is 0 Å². The highest BCUT2D eigenvalue weighted by Gasteiger charge is 2.12. The standard InChI is InChI=1S/C23H28N4O2/c1-14(2)18-9-7-8-15(3)22(18)26-21-12-16(4)24-23(27-21)25-17-10-11-19(28-5)20(13-17)29-6/h7-14H,1-6H3,(H2,24,25,26,27). The minimum absolute atomic E-state index is 0.407. The van der Waals surface area contributed by atoms with E-state index in [0.717, 1.165) is 22.9 Å². The van der Waals surface area contributed by atoms with Crippen LogP contribution in [0.5, 0.6) is 11.5 Å². The second-order valence-electron chi connectivity index (χ2n) is 7.23. The highest BCUT2D eigenvalue weighted by Crippen LogP contribution is 2.32. The molecule has 1 heterocycles. The summed E-state index contributed by atoms with van der Waals surface area (Å²) in [5, 5.41) is 6.75. The fourth-order valence-corrected chi connectivity index (χ4v) is 3.20. The van der Waals surface area contributed by atoms with Crippen molar-refractivity contribution in [1.82, 2.24) is 9.97 Å². The Labute approximate surface area is 172 Å². The van der Waals surface area contributed by atoms with Gasteiger partial charge < -0.3 is 20.1 Å². The second-order valence-corrected chi connectivity index (χ2v) is 7.23. The molecule has 0 aliphatic heterocycles. The number of aromatic nitrogens is 2. The van der Waals surface area contributed by atoms with E-state index in [1.54, 1.807) is 14.2 Å². The molecule has 0 radical (unpaired) electrons. The zero-order chi connectivity index (χ0) is 21.0. The highest BCUT2D eigenvalue weighted by molar-refractivity contribution is 5.67. The van der Waals surface area contributed by atoms with Crippen molar-refractivity contribution in [2.24, 2.45) is 0 Å². The monoisotopic (exact) mass is 392 g/mol. The van der Waals surface area contributed by atoms with Crippen LogP contribution in [-0.4, -0.2) is 24.2 Å². The first-order valence-electron chi connectivity index (χ1n) is 9.62. The number of methoxy groups -OCH3 is 2. The summed E-state index contributed by atoms with van der Waals surface area (Å²) in [6.45, 7) is 8.43. The van der Waals surface area contributed by atoms with Gasteiger partial charge in [-0.2, -0.15) is 4.98 Å². The Morgan fingerprint density at radius 1 is 0.862 bits per heavy atom. The molecule has 3 aromatic rings. The van der Waals surface area contributed by atoms with Gasteiger partial charge in [-0.15, -0.1) is 0 Å². The van der Waals surface area contributed by atoms with Crippen molar-refractivity contribution >= 4 is 23.1 Å². The Morgan fingerprint density at radius 2 is 1.62 bits per heavy atom. The maximum atomic E-state index is 5.37. The molecule has 29 heavy (non-hydrogen) atoms. The summed E-state index contributed by atoms with van der Waals surface area (Å²) in [4.78, 5) is 9.17. The van der Waals surface area contributed by atoms with E-state index in [4.69, 9.17) is 9.47 Å². The molecule has 6 nitrogen and oxygen atoms in total. The van der Waals surface area contributed by atoms with Crippen molar-refractivity contribution in [2.45, 2.75) is 33.6 Å². The normalized spacial score (nSPS) is 10.7. The molecule has 0 aliphatic rings. The maximum absolute atomic E-state index is 5.37. The van der Waals surface area contributed by atoms with Gasteiger partial charge in [0.05, 0.1) is 14.2 Å². The number of ether oxygens (including phenoxy) is 2. The average Bonchev–Trinajstić information content (AvgIpc) is 2.68. The molecule has 0 spiro atoms. The molecule has 3 rings (SSSR count). The molecular weight excluding hydrogens is 364 g/mol. The number of anilines is 4. The third-order valence-corrected chi connectivity index (χ3v) is 4.67. The zero-order valence-corrected chi connectivity index (χ0v) is 17.8. The number of rotatable bonds is 7. The van der Waals surface area contributed by atoms with Gasteiger partial charge in [-0.3, -0.25) is 0 Å². The molecule has 0 unspecified atom stereocenters. The lowest BCUT2D eigenvalue weighted by atomic mass is 9.98. The summed E-state index contributed by atoms with van der Waals surface area (Å²) in [5.74, 6) is 2.98. The van der Waals surface area contributed by atoms with Crippen LogP contribution in [0.3, 0.4) is 0 Å². The number of hydrogen-bond acceptors (Lipinski definition) is 6. The molecule has 0 fully saturated rings. The summed E-state index contributed by atoms with van der Waals surface area (Å²) in [6.07, 6.45) is 0. The number of aryl methyl sites for hydroxylation is 2. The number of para-hydroxylation sites is 1. The lowest BCUT2D eigenvalue weighted by Gasteiger charge is -2.17. The van der Waals surface area contributed by atoms with Crippen molar-refractivity contribution in [3.05, 3.63) is 59.3 Å². The van der Waals surface area contributed by atoms with E-state index in [9.17, 15) is 0 Å². The van der Waals surface area contributed by atoms with E-state index in [0.29, 0.717) is 23.4 Å². The molecule has 0 aliphatic carbocycles. The van der Waals surface area contributed by atoms with Crippen molar-refractivity contribution in [2.75, 3.05) is 24.9 Å². The van der Waals surface area contributed by atoms with Crippen LogP contribution < -0.4 is 20.1 Å². The van der Waals surface area contributed by atoms with Gasteiger partial charge >= 0.3 is 0 Å². The van der Waals surface area contributed by atoms with Crippen LogP contribution in [0.4, 0.5) is 23.1 Å². The second kappa shape index (κ2) is 8.82. The predicted molar refractivity (Wildman–Crippen MR) is 118 cm³/mol. The number of nitrogens with zero attached hydrogens (tertiary/aromatic N) is 2. The van der Waals surface area contributed by atoms with Gasteiger partial charge in [-0.1, -0.05) is 32.0 Å². The Morgan fingerprint density at radius 3 is 2.31 bits per heavy atom. The summed E-state index contributed by atoms with van der Waals surface area (Å²) in [7, 11) is 3.23. The van der Waals surface area contributed by atoms with Gasteiger partial charge in [0.1, 0.15) is 5.82 Å².